The summed E-state index contributed by atoms with van der Waals surface area (Å²) in [7, 11) is 0. The van der Waals surface area contributed by atoms with Crippen LogP contribution in [0.4, 0.5) is 0 Å². The summed E-state index contributed by atoms with van der Waals surface area (Å²) in [6.07, 6.45) is 20.2. The van der Waals surface area contributed by atoms with Gasteiger partial charge in [0.05, 0.1) is 0 Å². The Balaban J connectivity index is 3.14. The lowest BCUT2D eigenvalue weighted by Crippen LogP contribution is -2.50. The fourth-order valence-corrected chi connectivity index (χ4v) is 2.94. The minimum atomic E-state index is -1.34. The molecule has 0 bridgehead atoms. The van der Waals surface area contributed by atoms with Crippen LogP contribution in [-0.2, 0) is 9.53 Å². The molecule has 0 unspecified atom stereocenters. The molecule has 0 rings (SSSR count). The van der Waals surface area contributed by atoms with Crippen molar-refractivity contribution in [2.24, 2.45) is 11.5 Å². The third-order valence-corrected chi connectivity index (χ3v) is 4.32. The Morgan fingerprint density at radius 1 is 0.708 bits per heavy atom. The van der Waals surface area contributed by atoms with Gasteiger partial charge < -0.3 is 4.74 Å². The smallest absolute Gasteiger partial charge is 0.308 e. The number of hydrogen-bond donors (Lipinski definition) is 2. The first-order chi connectivity index (χ1) is 11.5. The Hall–Kier alpha value is -0.610. The van der Waals surface area contributed by atoms with E-state index in [2.05, 4.69) is 6.92 Å². The molecule has 24 heavy (non-hydrogen) atoms. The lowest BCUT2D eigenvalue weighted by molar-refractivity contribution is -0.157. The molecule has 4 heteroatoms. The average Bonchev–Trinajstić information content (AvgIpc) is 2.49. The number of ether oxygens (including phenoxy) is 1. The molecule has 0 radical (unpaired) electrons. The van der Waals surface area contributed by atoms with E-state index in [1.807, 2.05) is 0 Å². The van der Waals surface area contributed by atoms with E-state index in [1.54, 1.807) is 0 Å². The van der Waals surface area contributed by atoms with Gasteiger partial charge in [-0.05, 0) is 6.42 Å². The van der Waals surface area contributed by atoms with Gasteiger partial charge in [-0.3, -0.25) is 16.3 Å². The number of carbonyl (C=O) groups is 1. The van der Waals surface area contributed by atoms with Crippen molar-refractivity contribution in [2.75, 3.05) is 0 Å². The zero-order valence-electron chi connectivity index (χ0n) is 16.3. The highest BCUT2D eigenvalue weighted by Crippen LogP contribution is 2.13. The molecule has 0 aliphatic rings. The summed E-state index contributed by atoms with van der Waals surface area (Å²) < 4.78 is 4.87. The normalized spacial score (nSPS) is 11.7. The van der Waals surface area contributed by atoms with Crippen molar-refractivity contribution in [1.82, 2.24) is 0 Å². The summed E-state index contributed by atoms with van der Waals surface area (Å²) in [5, 5.41) is 0. The lowest BCUT2D eigenvalue weighted by Gasteiger charge is -2.18. The van der Waals surface area contributed by atoms with Crippen LogP contribution in [-0.4, -0.2) is 11.8 Å². The number of esters is 1. The van der Waals surface area contributed by atoms with Crippen LogP contribution in [0, 0.1) is 0 Å². The molecule has 0 amide bonds. The molecule has 0 aliphatic carbocycles. The van der Waals surface area contributed by atoms with E-state index in [1.165, 1.54) is 90.4 Å². The molecule has 0 heterocycles. The summed E-state index contributed by atoms with van der Waals surface area (Å²) >= 11 is 0. The van der Waals surface area contributed by atoms with E-state index >= 15 is 0 Å². The molecule has 0 saturated heterocycles. The summed E-state index contributed by atoms with van der Waals surface area (Å²) in [4.78, 5) is 11.4. The molecule has 0 aromatic rings. The summed E-state index contributed by atoms with van der Waals surface area (Å²) in [5.41, 5.74) is 10.9. The maximum Gasteiger partial charge on any atom is 0.308 e. The van der Waals surface area contributed by atoms with Gasteiger partial charge in [0.2, 0.25) is 5.85 Å². The van der Waals surface area contributed by atoms with Crippen molar-refractivity contribution >= 4 is 5.97 Å². The van der Waals surface area contributed by atoms with E-state index in [0.29, 0.717) is 6.42 Å². The highest BCUT2D eigenvalue weighted by molar-refractivity contribution is 5.69. The van der Waals surface area contributed by atoms with E-state index in [4.69, 9.17) is 16.2 Å². The molecular weight excluding hydrogens is 300 g/mol. The highest BCUT2D eigenvalue weighted by atomic mass is 16.6. The van der Waals surface area contributed by atoms with Crippen LogP contribution >= 0.6 is 0 Å². The lowest BCUT2D eigenvalue weighted by atomic mass is 10.0. The van der Waals surface area contributed by atoms with Crippen LogP contribution in [0.25, 0.3) is 0 Å². The van der Waals surface area contributed by atoms with E-state index in [-0.39, 0.29) is 5.97 Å². The Kier molecular flexibility index (Phi) is 15.5. The van der Waals surface area contributed by atoms with Gasteiger partial charge in [0.1, 0.15) is 0 Å². The van der Waals surface area contributed by atoms with E-state index in [9.17, 15) is 4.79 Å². The number of rotatable bonds is 17. The Labute approximate surface area is 150 Å². The van der Waals surface area contributed by atoms with E-state index < -0.39 is 5.85 Å². The van der Waals surface area contributed by atoms with Crippen LogP contribution in [0.3, 0.4) is 0 Å². The van der Waals surface area contributed by atoms with Crippen molar-refractivity contribution in [2.45, 2.75) is 122 Å². The summed E-state index contributed by atoms with van der Waals surface area (Å²) in [6.45, 7) is 3.75. The summed E-state index contributed by atoms with van der Waals surface area (Å²) in [6, 6.07) is 0. The van der Waals surface area contributed by atoms with Gasteiger partial charge in [0, 0.05) is 13.3 Å². The SMILES string of the molecule is CCCCCCCCCCCCCCCCCC(=O)OC(C)(N)N. The zero-order valence-corrected chi connectivity index (χ0v) is 16.3. The van der Waals surface area contributed by atoms with Crippen molar-refractivity contribution in [3.63, 3.8) is 0 Å². The first-order valence-corrected chi connectivity index (χ1v) is 10.3. The minimum Gasteiger partial charge on any atom is -0.431 e. The van der Waals surface area contributed by atoms with Gasteiger partial charge in [-0.15, -0.1) is 0 Å². The monoisotopic (exact) mass is 342 g/mol. The molecule has 0 aromatic heterocycles. The van der Waals surface area contributed by atoms with Gasteiger partial charge in [-0.2, -0.15) is 0 Å². The number of hydrogen-bond acceptors (Lipinski definition) is 4. The van der Waals surface area contributed by atoms with Gasteiger partial charge in [0.25, 0.3) is 0 Å². The van der Waals surface area contributed by atoms with Crippen LogP contribution in [0.1, 0.15) is 117 Å². The van der Waals surface area contributed by atoms with Gasteiger partial charge in [-0.1, -0.05) is 96.8 Å². The van der Waals surface area contributed by atoms with Crippen molar-refractivity contribution in [1.29, 1.82) is 0 Å². The van der Waals surface area contributed by atoms with Gasteiger partial charge in [-0.25, -0.2) is 0 Å². The van der Waals surface area contributed by atoms with Crippen molar-refractivity contribution < 1.29 is 9.53 Å². The van der Waals surface area contributed by atoms with Crippen molar-refractivity contribution in [3.05, 3.63) is 0 Å². The molecule has 4 N–H and O–H groups in total. The first kappa shape index (κ1) is 23.4. The second-order valence-electron chi connectivity index (χ2n) is 7.36. The quantitative estimate of drug-likeness (QED) is 0.211. The molecular formula is C20H42N2O2. The number of nitrogens with two attached hydrogens (primary N) is 2. The van der Waals surface area contributed by atoms with E-state index in [0.717, 1.165) is 12.8 Å². The molecule has 0 aliphatic heterocycles. The minimum absolute atomic E-state index is 0.294. The first-order valence-electron chi connectivity index (χ1n) is 10.3. The second-order valence-corrected chi connectivity index (χ2v) is 7.36. The predicted octanol–water partition coefficient (Wildman–Crippen LogP) is 5.38. The summed E-state index contributed by atoms with van der Waals surface area (Å²) in [5.74, 6) is -1.63. The number of carbonyl (C=O) groups excluding carboxylic acids is 1. The standard InChI is InChI=1S/C20H42N2O2/c1-3-4-5-6-7-8-9-10-11-12-13-14-15-16-17-18-19(23)24-20(2,21)22/h3-18,21-22H2,1-2H3. The zero-order chi connectivity index (χ0) is 18.1. The number of unbranched alkanes of at least 4 members (excludes halogenated alkanes) is 14. The van der Waals surface area contributed by atoms with Crippen LogP contribution in [0.2, 0.25) is 0 Å². The fraction of sp³-hybridized carbons (Fsp3) is 0.950. The maximum atomic E-state index is 11.4. The second kappa shape index (κ2) is 15.9. The molecule has 0 aromatic carbocycles. The predicted molar refractivity (Wildman–Crippen MR) is 102 cm³/mol. The topological polar surface area (TPSA) is 78.3 Å². The van der Waals surface area contributed by atoms with Gasteiger partial charge in [0.15, 0.2) is 0 Å². The fourth-order valence-electron chi connectivity index (χ4n) is 2.94. The molecule has 0 atom stereocenters. The Morgan fingerprint density at radius 2 is 1.04 bits per heavy atom. The average molecular weight is 343 g/mol. The third kappa shape index (κ3) is 19.4. The van der Waals surface area contributed by atoms with Crippen molar-refractivity contribution in [3.8, 4) is 0 Å². The molecule has 0 fully saturated rings. The van der Waals surface area contributed by atoms with Crippen LogP contribution in [0.5, 0.6) is 0 Å². The maximum absolute atomic E-state index is 11.4. The highest BCUT2D eigenvalue weighted by Gasteiger charge is 2.16. The molecule has 0 spiro atoms. The molecule has 0 saturated carbocycles. The largest absolute Gasteiger partial charge is 0.431 e. The Bertz CT molecular complexity index is 288. The molecule has 144 valence electrons. The van der Waals surface area contributed by atoms with Crippen LogP contribution < -0.4 is 11.5 Å². The Morgan fingerprint density at radius 3 is 1.38 bits per heavy atom. The van der Waals surface area contributed by atoms with Crippen LogP contribution in [0.15, 0.2) is 0 Å². The molecule has 4 nitrogen and oxygen atoms in total. The van der Waals surface area contributed by atoms with Gasteiger partial charge >= 0.3 is 5.97 Å². The third-order valence-electron chi connectivity index (χ3n) is 4.32.